The van der Waals surface area contributed by atoms with E-state index >= 15 is 0 Å². The number of carbonyl (C=O) groups is 1. The lowest BCUT2D eigenvalue weighted by molar-refractivity contribution is -0.385. The summed E-state index contributed by atoms with van der Waals surface area (Å²) < 4.78 is 10.5. The topological polar surface area (TPSA) is 78.7 Å². The van der Waals surface area contributed by atoms with Gasteiger partial charge in [0.05, 0.1) is 17.1 Å². The third-order valence-corrected chi connectivity index (χ3v) is 2.97. The van der Waals surface area contributed by atoms with Crippen LogP contribution in [-0.4, -0.2) is 17.5 Å². The minimum absolute atomic E-state index is 0.0300. The average molecular weight is 301 g/mol. The van der Waals surface area contributed by atoms with E-state index in [0.29, 0.717) is 23.7 Å². The van der Waals surface area contributed by atoms with Crippen LogP contribution in [0.3, 0.4) is 0 Å². The van der Waals surface area contributed by atoms with Gasteiger partial charge in [-0.25, -0.2) is 4.79 Å². The van der Waals surface area contributed by atoms with E-state index in [1.807, 2.05) is 6.92 Å². The number of carbonyl (C=O) groups excluding carboxylic acids is 1. The number of nitro groups is 1. The van der Waals surface area contributed by atoms with Crippen molar-refractivity contribution in [1.82, 2.24) is 0 Å². The molecule has 114 valence electrons. The summed E-state index contributed by atoms with van der Waals surface area (Å²) >= 11 is 0. The summed E-state index contributed by atoms with van der Waals surface area (Å²) in [5.41, 5.74) is 0.640. The van der Waals surface area contributed by atoms with Crippen LogP contribution in [0.15, 0.2) is 42.5 Å². The highest BCUT2D eigenvalue weighted by Crippen LogP contribution is 2.21. The van der Waals surface area contributed by atoms with Gasteiger partial charge in [0, 0.05) is 11.6 Å². The van der Waals surface area contributed by atoms with Gasteiger partial charge >= 0.3 is 5.97 Å². The van der Waals surface area contributed by atoms with Gasteiger partial charge in [-0.1, -0.05) is 0 Å². The monoisotopic (exact) mass is 301 g/mol. The van der Waals surface area contributed by atoms with E-state index in [2.05, 4.69) is 0 Å². The molecule has 0 saturated carbocycles. The zero-order valence-corrected chi connectivity index (χ0v) is 12.2. The lowest BCUT2D eigenvalue weighted by atomic mass is 10.1. The smallest absolute Gasteiger partial charge is 0.343 e. The van der Waals surface area contributed by atoms with E-state index in [4.69, 9.17) is 9.47 Å². The van der Waals surface area contributed by atoms with Crippen molar-refractivity contribution >= 4 is 11.7 Å². The van der Waals surface area contributed by atoms with Gasteiger partial charge in [0.1, 0.15) is 11.5 Å². The van der Waals surface area contributed by atoms with Crippen molar-refractivity contribution in [2.45, 2.75) is 13.8 Å². The molecule has 6 nitrogen and oxygen atoms in total. The van der Waals surface area contributed by atoms with Crippen LogP contribution in [0.4, 0.5) is 5.69 Å². The fourth-order valence-corrected chi connectivity index (χ4v) is 1.92. The number of rotatable bonds is 5. The summed E-state index contributed by atoms with van der Waals surface area (Å²) in [4.78, 5) is 22.3. The molecule has 6 heteroatoms. The minimum atomic E-state index is -0.567. The van der Waals surface area contributed by atoms with Gasteiger partial charge < -0.3 is 9.47 Å². The van der Waals surface area contributed by atoms with Crippen LogP contribution in [-0.2, 0) is 0 Å². The fraction of sp³-hybridized carbons (Fsp3) is 0.188. The summed E-state index contributed by atoms with van der Waals surface area (Å²) in [7, 11) is 0. The van der Waals surface area contributed by atoms with Gasteiger partial charge in [0.25, 0.3) is 5.69 Å². The zero-order valence-electron chi connectivity index (χ0n) is 12.2. The van der Waals surface area contributed by atoms with Crippen LogP contribution in [0.1, 0.15) is 22.8 Å². The second-order valence-electron chi connectivity index (χ2n) is 4.55. The molecule has 22 heavy (non-hydrogen) atoms. The molecule has 2 rings (SSSR count). The van der Waals surface area contributed by atoms with Crippen molar-refractivity contribution in [3.8, 4) is 11.5 Å². The molecule has 0 unspecified atom stereocenters. The van der Waals surface area contributed by atoms with Gasteiger partial charge in [0.2, 0.25) is 0 Å². The van der Waals surface area contributed by atoms with Crippen LogP contribution in [0, 0.1) is 17.0 Å². The van der Waals surface area contributed by atoms with E-state index in [1.165, 1.54) is 18.2 Å². The number of ether oxygens (including phenoxy) is 2. The minimum Gasteiger partial charge on any atom is -0.494 e. The van der Waals surface area contributed by atoms with E-state index < -0.39 is 10.9 Å². The normalized spacial score (nSPS) is 10.1. The van der Waals surface area contributed by atoms with Crippen molar-refractivity contribution in [2.75, 3.05) is 6.61 Å². The summed E-state index contributed by atoms with van der Waals surface area (Å²) in [6.45, 7) is 4.01. The quantitative estimate of drug-likeness (QED) is 0.365. The molecule has 0 radical (unpaired) electrons. The number of esters is 1. The number of aryl methyl sites for hydroxylation is 1. The zero-order chi connectivity index (χ0) is 16.1. The lowest BCUT2D eigenvalue weighted by Gasteiger charge is -2.07. The van der Waals surface area contributed by atoms with Gasteiger partial charge in [-0.05, 0) is 50.2 Å². The summed E-state index contributed by atoms with van der Waals surface area (Å²) in [5, 5.41) is 10.8. The molecular weight excluding hydrogens is 286 g/mol. The summed E-state index contributed by atoms with van der Waals surface area (Å²) in [6, 6.07) is 10.8. The van der Waals surface area contributed by atoms with Crippen molar-refractivity contribution in [1.29, 1.82) is 0 Å². The Hall–Kier alpha value is -2.89. The number of nitro benzene ring substituents is 1. The second-order valence-corrected chi connectivity index (χ2v) is 4.55. The maximum Gasteiger partial charge on any atom is 0.343 e. The van der Waals surface area contributed by atoms with E-state index in [0.717, 1.165) is 0 Å². The van der Waals surface area contributed by atoms with Crippen molar-refractivity contribution in [3.63, 3.8) is 0 Å². The van der Waals surface area contributed by atoms with Gasteiger partial charge in [-0.3, -0.25) is 10.1 Å². The first kappa shape index (κ1) is 15.5. The molecule has 0 fully saturated rings. The average Bonchev–Trinajstić information content (AvgIpc) is 2.49. The highest BCUT2D eigenvalue weighted by atomic mass is 16.6. The summed E-state index contributed by atoms with van der Waals surface area (Å²) in [5.74, 6) is 0.500. The van der Waals surface area contributed by atoms with Gasteiger partial charge in [0.15, 0.2) is 0 Å². The fourth-order valence-electron chi connectivity index (χ4n) is 1.92. The highest BCUT2D eigenvalue weighted by Gasteiger charge is 2.15. The molecule has 0 aliphatic heterocycles. The van der Waals surface area contributed by atoms with E-state index in [1.54, 1.807) is 31.2 Å². The Morgan fingerprint density at radius 1 is 1.14 bits per heavy atom. The maximum absolute atomic E-state index is 12.0. The first-order chi connectivity index (χ1) is 10.5. The predicted octanol–water partition coefficient (Wildman–Crippen LogP) is 3.52. The molecule has 2 aromatic carbocycles. The number of hydrogen-bond acceptors (Lipinski definition) is 5. The molecule has 0 bridgehead atoms. The SMILES string of the molecule is CCOc1ccc(OC(=O)c2ccc([N+](=O)[O-])c(C)c2)cc1. The standard InChI is InChI=1S/C16H15NO5/c1-3-21-13-5-7-14(8-6-13)22-16(18)12-4-9-15(17(19)20)11(2)10-12/h4-10H,3H2,1-2H3. The third kappa shape index (κ3) is 3.60. The van der Waals surface area contributed by atoms with Crippen molar-refractivity contribution < 1.29 is 19.2 Å². The number of benzene rings is 2. The molecule has 0 saturated heterocycles. The Balaban J connectivity index is 2.11. The highest BCUT2D eigenvalue weighted by molar-refractivity contribution is 5.91. The molecule has 0 amide bonds. The molecule has 2 aromatic rings. The lowest BCUT2D eigenvalue weighted by Crippen LogP contribution is -2.09. The number of hydrogen-bond donors (Lipinski definition) is 0. The van der Waals surface area contributed by atoms with Crippen LogP contribution >= 0.6 is 0 Å². The Morgan fingerprint density at radius 3 is 2.32 bits per heavy atom. The first-order valence-corrected chi connectivity index (χ1v) is 6.71. The second kappa shape index (κ2) is 6.71. The van der Waals surface area contributed by atoms with Crippen LogP contribution in [0.25, 0.3) is 0 Å². The molecule has 0 atom stereocenters. The van der Waals surface area contributed by atoms with Gasteiger partial charge in [-0.15, -0.1) is 0 Å². The van der Waals surface area contributed by atoms with Crippen molar-refractivity contribution in [3.05, 3.63) is 63.7 Å². The number of nitrogens with zero attached hydrogens (tertiary/aromatic N) is 1. The maximum atomic E-state index is 12.0. The molecule has 0 aliphatic rings. The van der Waals surface area contributed by atoms with Crippen molar-refractivity contribution in [2.24, 2.45) is 0 Å². The third-order valence-electron chi connectivity index (χ3n) is 2.97. The molecule has 0 N–H and O–H groups in total. The Morgan fingerprint density at radius 2 is 1.77 bits per heavy atom. The van der Waals surface area contributed by atoms with Crippen LogP contribution in [0.5, 0.6) is 11.5 Å². The Bertz CT molecular complexity index is 694. The molecular formula is C16H15NO5. The molecule has 0 spiro atoms. The molecule has 0 heterocycles. The Kier molecular flexibility index (Phi) is 4.73. The van der Waals surface area contributed by atoms with Crippen LogP contribution in [0.2, 0.25) is 0 Å². The van der Waals surface area contributed by atoms with E-state index in [-0.39, 0.29) is 11.3 Å². The molecule has 0 aromatic heterocycles. The largest absolute Gasteiger partial charge is 0.494 e. The first-order valence-electron chi connectivity index (χ1n) is 6.71. The Labute approximate surface area is 127 Å². The van der Waals surface area contributed by atoms with Gasteiger partial charge in [-0.2, -0.15) is 0 Å². The molecule has 0 aliphatic carbocycles. The van der Waals surface area contributed by atoms with E-state index in [9.17, 15) is 14.9 Å². The van der Waals surface area contributed by atoms with Crippen LogP contribution < -0.4 is 9.47 Å². The summed E-state index contributed by atoms with van der Waals surface area (Å²) in [6.07, 6.45) is 0. The predicted molar refractivity (Wildman–Crippen MR) is 80.4 cm³/mol.